The highest BCUT2D eigenvalue weighted by Crippen LogP contribution is 2.39. The Hall–Kier alpha value is -2.12. The van der Waals surface area contributed by atoms with Gasteiger partial charge in [0, 0.05) is 26.7 Å². The van der Waals surface area contributed by atoms with E-state index in [0.717, 1.165) is 0 Å². The van der Waals surface area contributed by atoms with Gasteiger partial charge < -0.3 is 18.9 Å². The zero-order valence-electron chi connectivity index (χ0n) is 12.6. The number of hydrogen-bond donors (Lipinski definition) is 0. The Bertz CT molecular complexity index is 499. The molecule has 8 heteroatoms. The highest BCUT2D eigenvalue weighted by Gasteiger charge is 2.55. The maximum absolute atomic E-state index is 11.5. The third kappa shape index (κ3) is 3.55. The molecule has 2 fully saturated rings. The van der Waals surface area contributed by atoms with Crippen LogP contribution in [0.3, 0.4) is 0 Å². The SMILES string of the molecule is CC(=O)O[C@H]1[C@@H]2OC(=O)C[C@@H]2C[C@H](OC(C)=O)[C@H]1OC(C)=O. The van der Waals surface area contributed by atoms with Crippen LogP contribution in [0, 0.1) is 5.92 Å². The van der Waals surface area contributed by atoms with E-state index in [0.29, 0.717) is 6.42 Å². The summed E-state index contributed by atoms with van der Waals surface area (Å²) >= 11 is 0. The standard InChI is InChI=1S/C14H18O8/c1-6(15)19-10-4-9-5-11(18)22-12(9)14(21-8(3)17)13(10)20-7(2)16/h9-10,12-14H,4-5H2,1-3H3/t9-,10-,12+,13+,14-/m0/s1. The summed E-state index contributed by atoms with van der Waals surface area (Å²) in [5.74, 6) is -2.44. The third-order valence-corrected chi connectivity index (χ3v) is 3.63. The predicted octanol–water partition coefficient (Wildman–Crippen LogP) is 0.117. The van der Waals surface area contributed by atoms with Crippen molar-refractivity contribution in [2.45, 2.75) is 58.0 Å². The lowest BCUT2D eigenvalue weighted by molar-refractivity contribution is -0.208. The highest BCUT2D eigenvalue weighted by molar-refractivity contribution is 5.73. The minimum Gasteiger partial charge on any atom is -0.458 e. The molecule has 0 aromatic rings. The van der Waals surface area contributed by atoms with Gasteiger partial charge in [-0.1, -0.05) is 0 Å². The third-order valence-electron chi connectivity index (χ3n) is 3.63. The van der Waals surface area contributed by atoms with Gasteiger partial charge in [-0.15, -0.1) is 0 Å². The summed E-state index contributed by atoms with van der Waals surface area (Å²) in [4.78, 5) is 45.4. The highest BCUT2D eigenvalue weighted by atomic mass is 16.6. The molecule has 1 saturated heterocycles. The predicted molar refractivity (Wildman–Crippen MR) is 69.3 cm³/mol. The lowest BCUT2D eigenvalue weighted by Gasteiger charge is -2.40. The van der Waals surface area contributed by atoms with Crippen molar-refractivity contribution in [2.75, 3.05) is 0 Å². The van der Waals surface area contributed by atoms with Crippen molar-refractivity contribution in [1.29, 1.82) is 0 Å². The Balaban J connectivity index is 2.30. The Labute approximate surface area is 127 Å². The maximum atomic E-state index is 11.5. The minimum absolute atomic E-state index is 0.146. The van der Waals surface area contributed by atoms with Crippen LogP contribution in [0.4, 0.5) is 0 Å². The number of ether oxygens (including phenoxy) is 4. The second kappa shape index (κ2) is 6.33. The fourth-order valence-corrected chi connectivity index (χ4v) is 3.00. The summed E-state index contributed by atoms with van der Waals surface area (Å²) in [6.07, 6.45) is -3.04. The molecule has 0 unspecified atom stereocenters. The number of rotatable bonds is 3. The molecule has 1 aliphatic heterocycles. The molecule has 0 amide bonds. The Morgan fingerprint density at radius 3 is 2.05 bits per heavy atom. The summed E-state index contributed by atoms with van der Waals surface area (Å²) in [6.45, 7) is 3.63. The second-order valence-electron chi connectivity index (χ2n) is 5.45. The topological polar surface area (TPSA) is 105 Å². The van der Waals surface area contributed by atoms with Gasteiger partial charge in [-0.3, -0.25) is 19.2 Å². The monoisotopic (exact) mass is 314 g/mol. The van der Waals surface area contributed by atoms with Crippen LogP contribution in [0.25, 0.3) is 0 Å². The molecule has 0 N–H and O–H groups in total. The molecule has 0 aromatic carbocycles. The summed E-state index contributed by atoms with van der Waals surface area (Å²) < 4.78 is 20.8. The number of esters is 4. The van der Waals surface area contributed by atoms with E-state index in [1.807, 2.05) is 0 Å². The summed E-state index contributed by atoms with van der Waals surface area (Å²) in [6, 6.07) is 0. The molecule has 8 nitrogen and oxygen atoms in total. The maximum Gasteiger partial charge on any atom is 0.306 e. The van der Waals surface area contributed by atoms with Crippen molar-refractivity contribution in [3.63, 3.8) is 0 Å². The first-order valence-electron chi connectivity index (χ1n) is 6.99. The lowest BCUT2D eigenvalue weighted by atomic mass is 9.80. The molecule has 2 aliphatic rings. The molecule has 1 saturated carbocycles. The molecular formula is C14H18O8. The van der Waals surface area contributed by atoms with E-state index in [1.165, 1.54) is 20.8 Å². The molecule has 1 aliphatic carbocycles. The van der Waals surface area contributed by atoms with Gasteiger partial charge in [-0.25, -0.2) is 0 Å². The molecule has 0 bridgehead atoms. The van der Waals surface area contributed by atoms with Crippen LogP contribution in [-0.2, 0) is 38.1 Å². The van der Waals surface area contributed by atoms with Crippen LogP contribution in [0.2, 0.25) is 0 Å². The minimum atomic E-state index is -1.00. The zero-order valence-corrected chi connectivity index (χ0v) is 12.6. The van der Waals surface area contributed by atoms with Crippen molar-refractivity contribution in [2.24, 2.45) is 5.92 Å². The van der Waals surface area contributed by atoms with Crippen LogP contribution in [0.5, 0.6) is 0 Å². The van der Waals surface area contributed by atoms with Crippen LogP contribution in [0.1, 0.15) is 33.6 Å². The fraction of sp³-hybridized carbons (Fsp3) is 0.714. The first-order chi connectivity index (χ1) is 10.3. The van der Waals surface area contributed by atoms with Crippen LogP contribution < -0.4 is 0 Å². The van der Waals surface area contributed by atoms with Gasteiger partial charge in [0.05, 0.1) is 6.42 Å². The molecule has 0 aromatic heterocycles. The van der Waals surface area contributed by atoms with E-state index >= 15 is 0 Å². The van der Waals surface area contributed by atoms with Gasteiger partial charge in [0.1, 0.15) is 12.2 Å². The molecule has 2 rings (SSSR count). The van der Waals surface area contributed by atoms with Gasteiger partial charge in [0.25, 0.3) is 0 Å². The number of carbonyl (C=O) groups excluding carboxylic acids is 4. The second-order valence-corrected chi connectivity index (χ2v) is 5.45. The van der Waals surface area contributed by atoms with Crippen LogP contribution >= 0.6 is 0 Å². The first-order valence-corrected chi connectivity index (χ1v) is 6.99. The van der Waals surface area contributed by atoms with E-state index in [1.54, 1.807) is 0 Å². The van der Waals surface area contributed by atoms with Crippen molar-refractivity contribution in [1.82, 2.24) is 0 Å². The molecular weight excluding hydrogens is 296 g/mol. The molecule has 1 heterocycles. The fourth-order valence-electron chi connectivity index (χ4n) is 3.00. The first kappa shape index (κ1) is 16.3. The van der Waals surface area contributed by atoms with Gasteiger partial charge in [-0.2, -0.15) is 0 Å². The van der Waals surface area contributed by atoms with Crippen molar-refractivity contribution < 1.29 is 38.1 Å². The number of carbonyl (C=O) groups is 4. The molecule has 5 atom stereocenters. The molecule has 22 heavy (non-hydrogen) atoms. The average Bonchev–Trinajstić information content (AvgIpc) is 2.72. The molecule has 122 valence electrons. The smallest absolute Gasteiger partial charge is 0.306 e. The quantitative estimate of drug-likeness (QED) is 0.534. The molecule has 0 radical (unpaired) electrons. The Morgan fingerprint density at radius 1 is 0.955 bits per heavy atom. The van der Waals surface area contributed by atoms with Crippen molar-refractivity contribution in [3.8, 4) is 0 Å². The normalized spacial score (nSPS) is 33.4. The summed E-state index contributed by atoms with van der Waals surface area (Å²) in [5.41, 5.74) is 0. The summed E-state index contributed by atoms with van der Waals surface area (Å²) in [5, 5.41) is 0. The van der Waals surface area contributed by atoms with Gasteiger partial charge >= 0.3 is 23.9 Å². The Morgan fingerprint density at radius 2 is 1.50 bits per heavy atom. The summed E-state index contributed by atoms with van der Waals surface area (Å²) in [7, 11) is 0. The van der Waals surface area contributed by atoms with E-state index in [4.69, 9.17) is 18.9 Å². The van der Waals surface area contributed by atoms with E-state index in [-0.39, 0.29) is 12.3 Å². The lowest BCUT2D eigenvalue weighted by Crippen LogP contribution is -2.56. The van der Waals surface area contributed by atoms with Gasteiger partial charge in [0.2, 0.25) is 0 Å². The van der Waals surface area contributed by atoms with E-state index in [9.17, 15) is 19.2 Å². The largest absolute Gasteiger partial charge is 0.458 e. The van der Waals surface area contributed by atoms with Crippen molar-refractivity contribution in [3.05, 3.63) is 0 Å². The van der Waals surface area contributed by atoms with Crippen LogP contribution in [0.15, 0.2) is 0 Å². The van der Waals surface area contributed by atoms with E-state index in [2.05, 4.69) is 0 Å². The number of fused-ring (bicyclic) bond motifs is 1. The van der Waals surface area contributed by atoms with Crippen LogP contribution in [-0.4, -0.2) is 48.3 Å². The average molecular weight is 314 g/mol. The van der Waals surface area contributed by atoms with Gasteiger partial charge in [0.15, 0.2) is 12.2 Å². The van der Waals surface area contributed by atoms with Crippen molar-refractivity contribution >= 4 is 23.9 Å². The number of hydrogen-bond acceptors (Lipinski definition) is 8. The molecule has 0 spiro atoms. The van der Waals surface area contributed by atoms with Gasteiger partial charge in [-0.05, 0) is 6.42 Å². The van der Waals surface area contributed by atoms with E-state index < -0.39 is 48.3 Å². The zero-order chi connectivity index (χ0) is 16.4. The Kier molecular flexibility index (Phi) is 4.68.